The lowest BCUT2D eigenvalue weighted by Crippen LogP contribution is -2.42. The fourth-order valence-corrected chi connectivity index (χ4v) is 5.04. The van der Waals surface area contributed by atoms with Crippen LogP contribution in [0.2, 0.25) is 10.0 Å². The van der Waals surface area contributed by atoms with Gasteiger partial charge in [0, 0.05) is 59.3 Å². The molecule has 0 radical (unpaired) electrons. The molecule has 154 valence electrons. The third-order valence-electron chi connectivity index (χ3n) is 6.06. The molecule has 2 fully saturated rings. The molecular weight excluding hydrogens is 417 g/mol. The number of rotatable bonds is 4. The lowest BCUT2D eigenvalue weighted by atomic mass is 9.91. The van der Waals surface area contributed by atoms with Crippen molar-refractivity contribution in [1.82, 2.24) is 9.88 Å². The first-order valence-electron chi connectivity index (χ1n) is 9.91. The summed E-state index contributed by atoms with van der Waals surface area (Å²) in [7, 11) is 0. The summed E-state index contributed by atoms with van der Waals surface area (Å²) in [5.41, 5.74) is 2.55. The summed E-state index contributed by atoms with van der Waals surface area (Å²) in [4.78, 5) is 18.8. The van der Waals surface area contributed by atoms with E-state index in [2.05, 4.69) is 4.98 Å². The first-order valence-corrected chi connectivity index (χ1v) is 10.7. The smallest absolute Gasteiger partial charge is 0.248 e. The molecule has 2 heterocycles. The van der Waals surface area contributed by atoms with E-state index < -0.39 is 5.92 Å². The maximum atomic E-state index is 13.4. The Kier molecular flexibility index (Phi) is 5.80. The van der Waals surface area contributed by atoms with E-state index in [0.29, 0.717) is 42.3 Å². The third-order valence-corrected chi connectivity index (χ3v) is 6.74. The van der Waals surface area contributed by atoms with Crippen LogP contribution < -0.4 is 0 Å². The normalized spacial score (nSPS) is 22.3. The van der Waals surface area contributed by atoms with Gasteiger partial charge in [0.25, 0.3) is 0 Å². The number of amides is 1. The number of aromatic nitrogens is 1. The van der Waals surface area contributed by atoms with Crippen molar-refractivity contribution in [1.29, 1.82) is 0 Å². The Morgan fingerprint density at radius 3 is 2.41 bits per heavy atom. The molecule has 2 aliphatic rings. The number of benzene rings is 1. The Hall–Kier alpha value is -1.72. The molecule has 1 atom stereocenters. The molecule has 4 rings (SSSR count). The highest BCUT2D eigenvalue weighted by Gasteiger charge is 2.42. The highest BCUT2D eigenvalue weighted by molar-refractivity contribution is 6.36. The number of likely N-dealkylation sites (tertiary alicyclic amines) is 1. The fraction of sp³-hybridized carbons (Fsp3) is 0.455. The van der Waals surface area contributed by atoms with Gasteiger partial charge in [-0.1, -0.05) is 29.3 Å². The third kappa shape index (κ3) is 4.41. The number of hydrogen-bond donors (Lipinski definition) is 0. The zero-order chi connectivity index (χ0) is 20.6. The summed E-state index contributed by atoms with van der Waals surface area (Å²) in [6.07, 6.45) is 5.06. The average molecular weight is 439 g/mol. The first-order chi connectivity index (χ1) is 13.8. The quantitative estimate of drug-likeness (QED) is 0.584. The molecule has 1 amide bonds. The summed E-state index contributed by atoms with van der Waals surface area (Å²) in [5.74, 6) is -2.77. The van der Waals surface area contributed by atoms with Crippen molar-refractivity contribution >= 4 is 29.1 Å². The predicted octanol–water partition coefficient (Wildman–Crippen LogP) is 6.02. The van der Waals surface area contributed by atoms with Crippen molar-refractivity contribution in [3.05, 3.63) is 52.3 Å². The lowest BCUT2D eigenvalue weighted by Gasteiger charge is -2.34. The molecule has 3 nitrogen and oxygen atoms in total. The largest absolute Gasteiger partial charge is 0.339 e. The topological polar surface area (TPSA) is 33.2 Å². The molecule has 0 bridgehead atoms. The molecule has 0 N–H and O–H groups in total. The van der Waals surface area contributed by atoms with Crippen LogP contribution in [-0.2, 0) is 11.2 Å². The number of alkyl halides is 2. The summed E-state index contributed by atoms with van der Waals surface area (Å²) in [6, 6.07) is 7.39. The zero-order valence-electron chi connectivity index (χ0n) is 15.9. The second kappa shape index (κ2) is 8.19. The molecule has 7 heteroatoms. The van der Waals surface area contributed by atoms with E-state index in [4.69, 9.17) is 23.2 Å². The van der Waals surface area contributed by atoms with Gasteiger partial charge in [-0.15, -0.1) is 0 Å². The van der Waals surface area contributed by atoms with Crippen LogP contribution in [0.1, 0.15) is 37.7 Å². The van der Waals surface area contributed by atoms with E-state index in [0.717, 1.165) is 16.7 Å². The van der Waals surface area contributed by atoms with Gasteiger partial charge in [0.05, 0.1) is 0 Å². The van der Waals surface area contributed by atoms with Crippen LogP contribution in [0, 0.1) is 5.92 Å². The summed E-state index contributed by atoms with van der Waals surface area (Å²) >= 11 is 13.0. The highest BCUT2D eigenvalue weighted by atomic mass is 35.5. The minimum atomic E-state index is -2.59. The molecule has 1 aromatic carbocycles. The summed E-state index contributed by atoms with van der Waals surface area (Å²) in [5, 5.41) is 1.06. The Bertz CT molecular complexity index is 874. The van der Waals surface area contributed by atoms with Crippen molar-refractivity contribution in [2.24, 2.45) is 5.92 Å². The van der Waals surface area contributed by atoms with E-state index in [1.165, 1.54) is 0 Å². The van der Waals surface area contributed by atoms with Gasteiger partial charge in [0.15, 0.2) is 0 Å². The van der Waals surface area contributed by atoms with E-state index in [1.807, 2.05) is 24.3 Å². The van der Waals surface area contributed by atoms with Crippen LogP contribution in [0.25, 0.3) is 11.1 Å². The van der Waals surface area contributed by atoms with Gasteiger partial charge < -0.3 is 4.90 Å². The summed E-state index contributed by atoms with van der Waals surface area (Å²) in [6.45, 7) is 0.614. The van der Waals surface area contributed by atoms with Gasteiger partial charge in [0.1, 0.15) is 0 Å². The highest BCUT2D eigenvalue weighted by Crippen LogP contribution is 2.39. The standard InChI is InChI=1S/C22H22Cl2F2N2O/c23-19-11-16(15-2-1-8-27-13-15)12-20(24)18(19)10-14-5-9-28(21(14)29)17-3-6-22(25,26)7-4-17/h1-2,8,11-14,17H,3-7,9-10H2. The van der Waals surface area contributed by atoms with Gasteiger partial charge in [-0.05, 0) is 55.0 Å². The zero-order valence-corrected chi connectivity index (χ0v) is 17.4. The number of pyridine rings is 1. The molecule has 29 heavy (non-hydrogen) atoms. The second-order valence-electron chi connectivity index (χ2n) is 7.97. The molecular formula is C22H22Cl2F2N2O. The van der Waals surface area contributed by atoms with Crippen molar-refractivity contribution < 1.29 is 13.6 Å². The van der Waals surface area contributed by atoms with Crippen molar-refractivity contribution in [3.63, 3.8) is 0 Å². The monoisotopic (exact) mass is 438 g/mol. The molecule has 1 aliphatic carbocycles. The van der Waals surface area contributed by atoms with Crippen LogP contribution >= 0.6 is 23.2 Å². The number of hydrogen-bond acceptors (Lipinski definition) is 2. The Balaban J connectivity index is 1.46. The Morgan fingerprint density at radius 1 is 1.10 bits per heavy atom. The van der Waals surface area contributed by atoms with E-state index in [9.17, 15) is 13.6 Å². The minimum Gasteiger partial charge on any atom is -0.339 e. The van der Waals surface area contributed by atoms with E-state index >= 15 is 0 Å². The maximum absolute atomic E-state index is 13.4. The number of carbonyl (C=O) groups excluding carboxylic acids is 1. The molecule has 1 saturated heterocycles. The van der Waals surface area contributed by atoms with E-state index in [-0.39, 0.29) is 30.7 Å². The molecule has 2 aromatic rings. The van der Waals surface area contributed by atoms with Crippen LogP contribution in [0.3, 0.4) is 0 Å². The maximum Gasteiger partial charge on any atom is 0.248 e. The fourth-order valence-electron chi connectivity index (χ4n) is 4.40. The number of nitrogens with zero attached hydrogens (tertiary/aromatic N) is 2. The molecule has 1 unspecified atom stereocenters. The number of halogens is 4. The minimum absolute atomic E-state index is 0.0312. The van der Waals surface area contributed by atoms with Gasteiger partial charge in [-0.2, -0.15) is 0 Å². The molecule has 1 aromatic heterocycles. The summed E-state index contributed by atoms with van der Waals surface area (Å²) < 4.78 is 26.9. The second-order valence-corrected chi connectivity index (χ2v) is 8.78. The van der Waals surface area contributed by atoms with E-state index in [1.54, 1.807) is 17.3 Å². The van der Waals surface area contributed by atoms with Gasteiger partial charge in [-0.3, -0.25) is 9.78 Å². The van der Waals surface area contributed by atoms with Crippen molar-refractivity contribution in [2.45, 2.75) is 50.5 Å². The predicted molar refractivity (Wildman–Crippen MR) is 110 cm³/mol. The SMILES string of the molecule is O=C1C(Cc2c(Cl)cc(-c3cccnc3)cc2Cl)CCN1C1CCC(F)(F)CC1. The van der Waals surface area contributed by atoms with Gasteiger partial charge in [-0.25, -0.2) is 8.78 Å². The van der Waals surface area contributed by atoms with Crippen molar-refractivity contribution in [2.75, 3.05) is 6.54 Å². The average Bonchev–Trinajstić information content (AvgIpc) is 3.05. The van der Waals surface area contributed by atoms with Crippen molar-refractivity contribution in [3.8, 4) is 11.1 Å². The van der Waals surface area contributed by atoms with Crippen LogP contribution in [-0.4, -0.2) is 34.3 Å². The first kappa shape index (κ1) is 20.5. The lowest BCUT2D eigenvalue weighted by molar-refractivity contribution is -0.135. The van der Waals surface area contributed by atoms with Crippen LogP contribution in [0.5, 0.6) is 0 Å². The Morgan fingerprint density at radius 2 is 1.79 bits per heavy atom. The van der Waals surface area contributed by atoms with Crippen LogP contribution in [0.4, 0.5) is 8.78 Å². The molecule has 1 aliphatic heterocycles. The molecule has 0 spiro atoms. The number of carbonyl (C=O) groups is 1. The van der Waals surface area contributed by atoms with Gasteiger partial charge in [0.2, 0.25) is 11.8 Å². The van der Waals surface area contributed by atoms with Gasteiger partial charge >= 0.3 is 0 Å². The van der Waals surface area contributed by atoms with Crippen LogP contribution in [0.15, 0.2) is 36.7 Å². The Labute approximate surface area is 179 Å². The molecule has 1 saturated carbocycles.